The zero-order chi connectivity index (χ0) is 20.7. The Hall–Kier alpha value is -3.85. The number of benzene rings is 1. The molecule has 9 nitrogen and oxygen atoms in total. The number of aromatic amines is 1. The molecule has 0 atom stereocenters. The van der Waals surface area contributed by atoms with E-state index in [0.717, 1.165) is 5.69 Å². The number of aromatic nitrogens is 4. The number of nitrogens with zero attached hydrogens (tertiary/aromatic N) is 4. The number of para-hydroxylation sites is 1. The van der Waals surface area contributed by atoms with Crippen LogP contribution in [0.25, 0.3) is 22.4 Å². The molecule has 0 spiro atoms. The largest absolute Gasteiger partial charge is 0.440 e. The van der Waals surface area contributed by atoms with Crippen LogP contribution in [0, 0.1) is 0 Å². The Kier molecular flexibility index (Phi) is 4.36. The van der Waals surface area contributed by atoms with Crippen LogP contribution in [-0.4, -0.2) is 31.4 Å². The molecular formula is C21H18N6O3. The van der Waals surface area contributed by atoms with Crippen molar-refractivity contribution in [2.24, 2.45) is 0 Å². The highest BCUT2D eigenvalue weighted by Crippen LogP contribution is 2.22. The number of nitrogens with one attached hydrogen (secondary N) is 1. The minimum Gasteiger partial charge on any atom is -0.440 e. The molecule has 3 N–H and O–H groups in total. The Bertz CT molecular complexity index is 1360. The molecule has 0 unspecified atom stereocenters. The van der Waals surface area contributed by atoms with Crippen LogP contribution in [-0.2, 0) is 19.5 Å². The fraction of sp³-hybridized carbons (Fsp3) is 0.190. The minimum atomic E-state index is -0.206. The van der Waals surface area contributed by atoms with E-state index in [1.807, 2.05) is 4.90 Å². The number of anilines is 1. The van der Waals surface area contributed by atoms with Crippen LogP contribution in [0.5, 0.6) is 0 Å². The molecule has 4 aromatic rings. The molecule has 3 aromatic heterocycles. The Morgan fingerprint density at radius 2 is 1.97 bits per heavy atom. The van der Waals surface area contributed by atoms with E-state index in [2.05, 4.69) is 19.9 Å². The monoisotopic (exact) mass is 402 g/mol. The summed E-state index contributed by atoms with van der Waals surface area (Å²) in [6, 6.07) is 7.02. The van der Waals surface area contributed by atoms with Crippen LogP contribution < -0.4 is 16.7 Å². The number of hydrogen-bond donors (Lipinski definition) is 2. The lowest BCUT2D eigenvalue weighted by Gasteiger charge is -2.27. The normalized spacial score (nSPS) is 14.0. The van der Waals surface area contributed by atoms with Gasteiger partial charge in [0, 0.05) is 38.4 Å². The average Bonchev–Trinajstić information content (AvgIpc) is 2.77. The van der Waals surface area contributed by atoms with Crippen LogP contribution >= 0.6 is 0 Å². The number of nitrogen functional groups attached to an aromatic ring is 1. The number of nitrogens with two attached hydrogens (primary N) is 1. The van der Waals surface area contributed by atoms with E-state index in [1.165, 1.54) is 6.33 Å². The van der Waals surface area contributed by atoms with Crippen LogP contribution in [0.4, 0.5) is 5.88 Å². The highest BCUT2D eigenvalue weighted by molar-refractivity contribution is 5.78. The third-order valence-electron chi connectivity index (χ3n) is 5.29. The lowest BCUT2D eigenvalue weighted by Crippen LogP contribution is -2.36. The molecule has 9 heteroatoms. The summed E-state index contributed by atoms with van der Waals surface area (Å²) >= 11 is 0. The van der Waals surface area contributed by atoms with Crippen LogP contribution in [0.15, 0.2) is 57.0 Å². The molecule has 0 bridgehead atoms. The molecule has 0 fully saturated rings. The molecule has 0 saturated carbocycles. The van der Waals surface area contributed by atoms with Gasteiger partial charge in [-0.15, -0.1) is 0 Å². The van der Waals surface area contributed by atoms with Gasteiger partial charge in [0.25, 0.3) is 5.56 Å². The first-order valence-corrected chi connectivity index (χ1v) is 9.50. The second kappa shape index (κ2) is 7.20. The van der Waals surface area contributed by atoms with E-state index in [9.17, 15) is 9.59 Å². The molecule has 1 aromatic carbocycles. The molecule has 0 radical (unpaired) electrons. The molecule has 1 aliphatic rings. The van der Waals surface area contributed by atoms with Gasteiger partial charge in [-0.1, -0.05) is 12.1 Å². The van der Waals surface area contributed by atoms with Crippen molar-refractivity contribution in [1.82, 2.24) is 24.8 Å². The van der Waals surface area contributed by atoms with Crippen molar-refractivity contribution in [3.8, 4) is 11.4 Å². The summed E-state index contributed by atoms with van der Waals surface area (Å²) < 4.78 is 5.63. The molecule has 1 aliphatic heterocycles. The lowest BCUT2D eigenvalue weighted by molar-refractivity contribution is 0.240. The third kappa shape index (κ3) is 3.15. The molecule has 0 amide bonds. The minimum absolute atomic E-state index is 0.107. The summed E-state index contributed by atoms with van der Waals surface area (Å²) in [6.07, 6.45) is 5.22. The Labute approximate surface area is 170 Å². The lowest BCUT2D eigenvalue weighted by atomic mass is 10.1. The smallest absolute Gasteiger partial charge is 0.255 e. The Balaban J connectivity index is 1.45. The van der Waals surface area contributed by atoms with Crippen molar-refractivity contribution < 1.29 is 4.42 Å². The first kappa shape index (κ1) is 18.2. The third-order valence-corrected chi connectivity index (χ3v) is 5.29. The van der Waals surface area contributed by atoms with Gasteiger partial charge in [0.05, 0.1) is 27.8 Å². The number of H-pyrrole nitrogens is 1. The highest BCUT2D eigenvalue weighted by atomic mass is 16.3. The summed E-state index contributed by atoms with van der Waals surface area (Å²) in [7, 11) is 0. The highest BCUT2D eigenvalue weighted by Gasteiger charge is 2.24. The van der Waals surface area contributed by atoms with E-state index in [1.54, 1.807) is 36.7 Å². The van der Waals surface area contributed by atoms with Gasteiger partial charge < -0.3 is 15.1 Å². The molecule has 0 saturated heterocycles. The van der Waals surface area contributed by atoms with Crippen molar-refractivity contribution in [3.63, 3.8) is 0 Å². The second-order valence-electron chi connectivity index (χ2n) is 7.20. The van der Waals surface area contributed by atoms with Crippen molar-refractivity contribution in [3.05, 3.63) is 80.4 Å². The zero-order valence-corrected chi connectivity index (χ0v) is 16.0. The predicted molar refractivity (Wildman–Crippen MR) is 111 cm³/mol. The van der Waals surface area contributed by atoms with Gasteiger partial charge in [-0.05, 0) is 12.1 Å². The van der Waals surface area contributed by atoms with E-state index in [4.69, 9.17) is 10.2 Å². The maximum absolute atomic E-state index is 12.9. The fourth-order valence-electron chi connectivity index (χ4n) is 3.75. The number of fused-ring (bicyclic) bond motifs is 2. The SMILES string of the molecule is Nc1oc2ccccc2c(=O)c1CN1CCc2nc(-c3cncnc3)[nH]c(=O)c2C1. The number of rotatable bonds is 3. The van der Waals surface area contributed by atoms with Crippen molar-refractivity contribution in [2.45, 2.75) is 19.5 Å². The van der Waals surface area contributed by atoms with Gasteiger partial charge in [-0.3, -0.25) is 14.5 Å². The van der Waals surface area contributed by atoms with Crippen LogP contribution in [0.1, 0.15) is 16.8 Å². The second-order valence-corrected chi connectivity index (χ2v) is 7.20. The van der Waals surface area contributed by atoms with Gasteiger partial charge in [-0.2, -0.15) is 0 Å². The van der Waals surface area contributed by atoms with Crippen molar-refractivity contribution in [2.75, 3.05) is 12.3 Å². The average molecular weight is 402 g/mol. The Morgan fingerprint density at radius 3 is 2.80 bits per heavy atom. The molecule has 150 valence electrons. The molecule has 4 heterocycles. The van der Waals surface area contributed by atoms with Gasteiger partial charge in [0.2, 0.25) is 0 Å². The van der Waals surface area contributed by atoms with Gasteiger partial charge in [0.1, 0.15) is 17.7 Å². The van der Waals surface area contributed by atoms with E-state index >= 15 is 0 Å². The summed E-state index contributed by atoms with van der Waals surface area (Å²) in [5, 5.41) is 0.494. The van der Waals surface area contributed by atoms with E-state index in [0.29, 0.717) is 59.5 Å². The molecular weight excluding hydrogens is 384 g/mol. The van der Waals surface area contributed by atoms with Crippen LogP contribution in [0.3, 0.4) is 0 Å². The summed E-state index contributed by atoms with van der Waals surface area (Å²) in [5.41, 5.74) is 8.53. The van der Waals surface area contributed by atoms with Gasteiger partial charge in [0.15, 0.2) is 11.3 Å². The van der Waals surface area contributed by atoms with E-state index < -0.39 is 0 Å². The quantitative estimate of drug-likeness (QED) is 0.527. The predicted octanol–water partition coefficient (Wildman–Crippen LogP) is 1.47. The van der Waals surface area contributed by atoms with Crippen molar-refractivity contribution in [1.29, 1.82) is 0 Å². The van der Waals surface area contributed by atoms with Crippen molar-refractivity contribution >= 4 is 16.9 Å². The molecule has 5 rings (SSSR count). The fourth-order valence-corrected chi connectivity index (χ4v) is 3.75. The first-order valence-electron chi connectivity index (χ1n) is 9.50. The molecule has 0 aliphatic carbocycles. The topological polar surface area (TPSA) is 131 Å². The molecule has 30 heavy (non-hydrogen) atoms. The number of hydrogen-bond acceptors (Lipinski definition) is 8. The Morgan fingerprint density at radius 1 is 1.17 bits per heavy atom. The maximum atomic E-state index is 12.9. The standard InChI is InChI=1S/C21H18N6O3/c22-19-15(18(28)13-3-1-2-4-17(13)30-19)10-27-6-5-16-14(9-27)21(29)26-20(25-16)12-7-23-11-24-8-12/h1-4,7-8,11H,5-6,9-10,22H2,(H,25,26,29). The zero-order valence-electron chi connectivity index (χ0n) is 16.0. The van der Waals surface area contributed by atoms with E-state index in [-0.39, 0.29) is 16.9 Å². The first-order chi connectivity index (χ1) is 14.6. The van der Waals surface area contributed by atoms with Gasteiger partial charge >= 0.3 is 0 Å². The maximum Gasteiger partial charge on any atom is 0.255 e. The van der Waals surface area contributed by atoms with Crippen LogP contribution in [0.2, 0.25) is 0 Å². The summed E-state index contributed by atoms with van der Waals surface area (Å²) in [4.78, 5) is 42.9. The van der Waals surface area contributed by atoms with Gasteiger partial charge in [-0.25, -0.2) is 15.0 Å². The summed E-state index contributed by atoms with van der Waals surface area (Å²) in [6.45, 7) is 1.31. The summed E-state index contributed by atoms with van der Waals surface area (Å²) in [5.74, 6) is 0.558.